The molecule has 86 valence electrons. The summed E-state index contributed by atoms with van der Waals surface area (Å²) in [4.78, 5) is 4.39. The van der Waals surface area contributed by atoms with Crippen molar-refractivity contribution in [3.05, 3.63) is 23.7 Å². The molecule has 2 aromatic heterocycles. The van der Waals surface area contributed by atoms with Crippen LogP contribution in [-0.2, 0) is 0 Å². The molecule has 2 nitrogen and oxygen atoms in total. The third kappa shape index (κ3) is 2.68. The number of hydrogen-bond donors (Lipinski definition) is 1. The second kappa shape index (κ2) is 5.55. The van der Waals surface area contributed by atoms with Crippen molar-refractivity contribution in [3.8, 4) is 0 Å². The van der Waals surface area contributed by atoms with Gasteiger partial charge in [0.1, 0.15) is 5.82 Å². The van der Waals surface area contributed by atoms with E-state index in [2.05, 4.69) is 41.0 Å². The van der Waals surface area contributed by atoms with E-state index >= 15 is 0 Å². The third-order valence-electron chi connectivity index (χ3n) is 2.63. The summed E-state index contributed by atoms with van der Waals surface area (Å²) < 4.78 is 1.30. The first kappa shape index (κ1) is 11.7. The summed E-state index contributed by atoms with van der Waals surface area (Å²) >= 11 is 3.67. The number of anilines is 1. The van der Waals surface area contributed by atoms with Crippen LogP contribution in [0, 0.1) is 0 Å². The Balaban J connectivity index is 2.01. The molecule has 0 aliphatic carbocycles. The molecular weight excluding hydrogens is 236 g/mol. The maximum atomic E-state index is 4.39. The molecule has 0 aliphatic heterocycles. The minimum absolute atomic E-state index is 0.703. The summed E-state index contributed by atoms with van der Waals surface area (Å²) in [5.41, 5.74) is 0. The third-order valence-corrected chi connectivity index (χ3v) is 4.55. The van der Waals surface area contributed by atoms with Crippen molar-refractivity contribution in [2.75, 3.05) is 18.1 Å². The van der Waals surface area contributed by atoms with Gasteiger partial charge in [0, 0.05) is 28.1 Å². The van der Waals surface area contributed by atoms with Gasteiger partial charge in [0.25, 0.3) is 0 Å². The average molecular weight is 252 g/mol. The lowest BCUT2D eigenvalue weighted by atomic mass is 10.3. The Hall–Kier alpha value is -0.740. The van der Waals surface area contributed by atoms with E-state index in [4.69, 9.17) is 0 Å². The number of rotatable bonds is 5. The molecule has 0 radical (unpaired) electrons. The lowest BCUT2D eigenvalue weighted by Crippen LogP contribution is -2.08. The summed E-state index contributed by atoms with van der Waals surface area (Å²) in [7, 11) is 0. The minimum Gasteiger partial charge on any atom is -0.369 e. The summed E-state index contributed by atoms with van der Waals surface area (Å²) in [6.07, 6.45) is 5.20. The van der Waals surface area contributed by atoms with Gasteiger partial charge in [-0.05, 0) is 30.2 Å². The topological polar surface area (TPSA) is 24.9 Å². The molecule has 0 aliphatic rings. The fraction of sp³-hybridized carbons (Fsp3) is 0.417. The zero-order valence-corrected chi connectivity index (χ0v) is 11.2. The van der Waals surface area contributed by atoms with Crippen molar-refractivity contribution in [2.45, 2.75) is 18.6 Å². The van der Waals surface area contributed by atoms with Crippen LogP contribution in [0.15, 0.2) is 23.7 Å². The monoisotopic (exact) mass is 252 g/mol. The molecule has 2 heterocycles. The Kier molecular flexibility index (Phi) is 4.07. The van der Waals surface area contributed by atoms with Crippen LogP contribution in [0.25, 0.3) is 10.1 Å². The second-order valence-electron chi connectivity index (χ2n) is 3.75. The van der Waals surface area contributed by atoms with Crippen LogP contribution >= 0.6 is 23.1 Å². The molecule has 0 saturated carbocycles. The maximum absolute atomic E-state index is 4.39. The van der Waals surface area contributed by atoms with Gasteiger partial charge in [-0.25, -0.2) is 4.98 Å². The van der Waals surface area contributed by atoms with E-state index in [1.807, 2.05) is 18.0 Å². The van der Waals surface area contributed by atoms with E-state index in [-0.39, 0.29) is 0 Å². The van der Waals surface area contributed by atoms with E-state index in [1.54, 1.807) is 11.3 Å². The van der Waals surface area contributed by atoms with Gasteiger partial charge in [0.2, 0.25) is 0 Å². The zero-order valence-electron chi connectivity index (χ0n) is 9.56. The molecule has 0 fully saturated rings. The molecule has 0 saturated heterocycles. The SMILES string of the molecule is CSC(C)CCNc1nccc2sccc12. The summed E-state index contributed by atoms with van der Waals surface area (Å²) in [6.45, 7) is 3.24. The number of nitrogens with zero attached hydrogens (tertiary/aromatic N) is 1. The highest BCUT2D eigenvalue weighted by molar-refractivity contribution is 7.99. The number of pyridine rings is 1. The molecule has 16 heavy (non-hydrogen) atoms. The predicted molar refractivity (Wildman–Crippen MR) is 75.7 cm³/mol. The van der Waals surface area contributed by atoms with Gasteiger partial charge in [-0.15, -0.1) is 11.3 Å². The van der Waals surface area contributed by atoms with Gasteiger partial charge in [0.05, 0.1) is 0 Å². The Bertz CT molecular complexity index is 453. The first-order valence-electron chi connectivity index (χ1n) is 5.40. The lowest BCUT2D eigenvalue weighted by Gasteiger charge is -2.10. The van der Waals surface area contributed by atoms with Crippen LogP contribution in [0.1, 0.15) is 13.3 Å². The van der Waals surface area contributed by atoms with Crippen molar-refractivity contribution in [2.24, 2.45) is 0 Å². The van der Waals surface area contributed by atoms with E-state index in [0.29, 0.717) is 5.25 Å². The normalized spacial score (nSPS) is 12.9. The number of thiophene rings is 1. The summed E-state index contributed by atoms with van der Waals surface area (Å²) in [6, 6.07) is 4.20. The number of fused-ring (bicyclic) bond motifs is 1. The largest absolute Gasteiger partial charge is 0.369 e. The van der Waals surface area contributed by atoms with Crippen molar-refractivity contribution in [1.29, 1.82) is 0 Å². The Morgan fingerprint density at radius 2 is 2.38 bits per heavy atom. The average Bonchev–Trinajstić information content (AvgIpc) is 2.77. The Morgan fingerprint density at radius 1 is 1.50 bits per heavy atom. The van der Waals surface area contributed by atoms with E-state index < -0.39 is 0 Å². The molecule has 1 unspecified atom stereocenters. The highest BCUT2D eigenvalue weighted by atomic mass is 32.2. The van der Waals surface area contributed by atoms with Crippen molar-refractivity contribution >= 4 is 39.0 Å². The van der Waals surface area contributed by atoms with Crippen LogP contribution in [-0.4, -0.2) is 23.0 Å². The van der Waals surface area contributed by atoms with E-state index in [0.717, 1.165) is 12.4 Å². The summed E-state index contributed by atoms with van der Waals surface area (Å²) in [5.74, 6) is 1.02. The molecule has 0 aromatic carbocycles. The molecular formula is C12H16N2S2. The number of aromatic nitrogens is 1. The van der Waals surface area contributed by atoms with Crippen LogP contribution in [0.5, 0.6) is 0 Å². The first-order chi connectivity index (χ1) is 7.81. The Morgan fingerprint density at radius 3 is 3.19 bits per heavy atom. The van der Waals surface area contributed by atoms with Gasteiger partial charge in [-0.1, -0.05) is 6.92 Å². The Labute approximate surface area is 104 Å². The number of hydrogen-bond acceptors (Lipinski definition) is 4. The summed E-state index contributed by atoms with van der Waals surface area (Å²) in [5, 5.41) is 7.48. The van der Waals surface area contributed by atoms with Gasteiger partial charge in [-0.2, -0.15) is 11.8 Å². The molecule has 1 atom stereocenters. The lowest BCUT2D eigenvalue weighted by molar-refractivity contribution is 0.851. The highest BCUT2D eigenvalue weighted by Crippen LogP contribution is 2.25. The van der Waals surface area contributed by atoms with E-state index in [1.165, 1.54) is 16.5 Å². The molecule has 2 rings (SSSR count). The van der Waals surface area contributed by atoms with Crippen molar-refractivity contribution in [1.82, 2.24) is 4.98 Å². The molecule has 0 amide bonds. The fourth-order valence-corrected chi connectivity index (χ4v) is 2.68. The smallest absolute Gasteiger partial charge is 0.134 e. The van der Waals surface area contributed by atoms with Gasteiger partial charge in [0.15, 0.2) is 0 Å². The van der Waals surface area contributed by atoms with Gasteiger partial charge in [-0.3, -0.25) is 0 Å². The number of thioether (sulfide) groups is 1. The molecule has 0 spiro atoms. The zero-order chi connectivity index (χ0) is 11.4. The molecule has 4 heteroatoms. The maximum Gasteiger partial charge on any atom is 0.134 e. The van der Waals surface area contributed by atoms with Crippen molar-refractivity contribution < 1.29 is 0 Å². The van der Waals surface area contributed by atoms with Crippen molar-refractivity contribution in [3.63, 3.8) is 0 Å². The van der Waals surface area contributed by atoms with Gasteiger partial charge >= 0.3 is 0 Å². The highest BCUT2D eigenvalue weighted by Gasteiger charge is 2.03. The molecule has 0 bridgehead atoms. The van der Waals surface area contributed by atoms with Crippen LogP contribution < -0.4 is 5.32 Å². The number of nitrogens with one attached hydrogen (secondary N) is 1. The second-order valence-corrected chi connectivity index (χ2v) is 5.98. The van der Waals surface area contributed by atoms with Crippen LogP contribution in [0.4, 0.5) is 5.82 Å². The molecule has 1 N–H and O–H groups in total. The van der Waals surface area contributed by atoms with Crippen LogP contribution in [0.3, 0.4) is 0 Å². The van der Waals surface area contributed by atoms with Gasteiger partial charge < -0.3 is 5.32 Å². The standard InChI is InChI=1S/C12H16N2S2/c1-9(15-2)3-6-13-12-10-5-8-16-11(10)4-7-14-12/h4-5,7-9H,3,6H2,1-2H3,(H,13,14). The first-order valence-corrected chi connectivity index (χ1v) is 7.57. The van der Waals surface area contributed by atoms with Crippen LogP contribution in [0.2, 0.25) is 0 Å². The predicted octanol–water partition coefficient (Wildman–Crippen LogP) is 3.85. The van der Waals surface area contributed by atoms with E-state index in [9.17, 15) is 0 Å². The molecule has 2 aromatic rings. The fourth-order valence-electron chi connectivity index (χ4n) is 1.55. The quantitative estimate of drug-likeness (QED) is 0.875. The minimum atomic E-state index is 0.703.